The van der Waals surface area contributed by atoms with E-state index in [1.807, 2.05) is 0 Å². The van der Waals surface area contributed by atoms with E-state index in [0.29, 0.717) is 0 Å². The lowest BCUT2D eigenvalue weighted by molar-refractivity contribution is 0.348. The molecule has 1 aliphatic heterocycles. The Labute approximate surface area is 105 Å². The first-order valence-corrected chi connectivity index (χ1v) is 6.90. The molecule has 2 heteroatoms. The summed E-state index contributed by atoms with van der Waals surface area (Å²) >= 11 is 0. The second-order valence-corrected chi connectivity index (χ2v) is 5.02. The molecule has 1 aromatic carbocycles. The van der Waals surface area contributed by atoms with Crippen LogP contribution in [-0.4, -0.2) is 19.6 Å². The van der Waals surface area contributed by atoms with Gasteiger partial charge in [0.1, 0.15) is 0 Å². The van der Waals surface area contributed by atoms with Gasteiger partial charge in [0, 0.05) is 6.54 Å². The fourth-order valence-electron chi connectivity index (χ4n) is 2.51. The maximum atomic E-state index is 3.52. The third-order valence-electron chi connectivity index (χ3n) is 3.54. The summed E-state index contributed by atoms with van der Waals surface area (Å²) in [6, 6.07) is 10.6. The number of rotatable bonds is 6. The molecular formula is C15H24N2. The molecule has 2 N–H and O–H groups in total. The highest BCUT2D eigenvalue weighted by atomic mass is 14.9. The average molecular weight is 232 g/mol. The summed E-state index contributed by atoms with van der Waals surface area (Å²) in [5.41, 5.74) is 1.38. The summed E-state index contributed by atoms with van der Waals surface area (Å²) in [7, 11) is 0. The standard InChI is InChI=1S/C15H24N2/c1-2-6-14(7-3-1)12-16-10-4-8-15-9-5-11-17-13-15/h1-3,6-7,15-17H,4-5,8-13H2. The molecule has 0 saturated carbocycles. The number of piperidine rings is 1. The van der Waals surface area contributed by atoms with Crippen LogP contribution in [0.25, 0.3) is 0 Å². The Morgan fingerprint density at radius 2 is 2.12 bits per heavy atom. The maximum Gasteiger partial charge on any atom is 0.0205 e. The van der Waals surface area contributed by atoms with Crippen LogP contribution in [0.2, 0.25) is 0 Å². The largest absolute Gasteiger partial charge is 0.316 e. The minimum Gasteiger partial charge on any atom is -0.316 e. The smallest absolute Gasteiger partial charge is 0.0205 e. The predicted molar refractivity (Wildman–Crippen MR) is 73.0 cm³/mol. The molecule has 2 nitrogen and oxygen atoms in total. The van der Waals surface area contributed by atoms with E-state index in [-0.39, 0.29) is 0 Å². The lowest BCUT2D eigenvalue weighted by Gasteiger charge is -2.22. The van der Waals surface area contributed by atoms with Crippen molar-refractivity contribution in [3.05, 3.63) is 35.9 Å². The van der Waals surface area contributed by atoms with E-state index in [0.717, 1.165) is 19.0 Å². The Morgan fingerprint density at radius 1 is 1.24 bits per heavy atom. The SMILES string of the molecule is c1ccc(CNCCCC2CCCNC2)cc1. The van der Waals surface area contributed by atoms with Gasteiger partial charge >= 0.3 is 0 Å². The first kappa shape index (κ1) is 12.6. The maximum absolute atomic E-state index is 3.52. The summed E-state index contributed by atoms with van der Waals surface area (Å²) in [6.45, 7) is 4.61. The molecule has 1 aliphatic rings. The van der Waals surface area contributed by atoms with Crippen molar-refractivity contribution in [2.75, 3.05) is 19.6 Å². The van der Waals surface area contributed by atoms with Crippen LogP contribution >= 0.6 is 0 Å². The summed E-state index contributed by atoms with van der Waals surface area (Å²) in [6.07, 6.45) is 5.46. The van der Waals surface area contributed by atoms with E-state index in [9.17, 15) is 0 Å². The zero-order valence-electron chi connectivity index (χ0n) is 10.6. The van der Waals surface area contributed by atoms with Gasteiger partial charge in [-0.1, -0.05) is 30.3 Å². The molecule has 0 bridgehead atoms. The van der Waals surface area contributed by atoms with E-state index in [1.165, 1.54) is 44.3 Å². The van der Waals surface area contributed by atoms with E-state index >= 15 is 0 Å². The molecule has 1 heterocycles. The zero-order chi connectivity index (χ0) is 11.8. The average Bonchev–Trinajstić information content (AvgIpc) is 2.41. The highest BCUT2D eigenvalue weighted by molar-refractivity contribution is 5.14. The Hall–Kier alpha value is -0.860. The monoisotopic (exact) mass is 232 g/mol. The van der Waals surface area contributed by atoms with Crippen molar-refractivity contribution in [2.24, 2.45) is 5.92 Å². The van der Waals surface area contributed by atoms with Gasteiger partial charge < -0.3 is 10.6 Å². The molecule has 0 amide bonds. The second-order valence-electron chi connectivity index (χ2n) is 5.02. The lowest BCUT2D eigenvalue weighted by atomic mass is 9.95. The van der Waals surface area contributed by atoms with Gasteiger partial charge in [0.2, 0.25) is 0 Å². The topological polar surface area (TPSA) is 24.1 Å². The van der Waals surface area contributed by atoms with Crippen LogP contribution in [0.4, 0.5) is 0 Å². The van der Waals surface area contributed by atoms with E-state index in [2.05, 4.69) is 41.0 Å². The van der Waals surface area contributed by atoms with Crippen LogP contribution < -0.4 is 10.6 Å². The number of hydrogen-bond donors (Lipinski definition) is 2. The molecule has 1 atom stereocenters. The van der Waals surface area contributed by atoms with Gasteiger partial charge in [-0.15, -0.1) is 0 Å². The van der Waals surface area contributed by atoms with Crippen molar-refractivity contribution < 1.29 is 0 Å². The van der Waals surface area contributed by atoms with E-state index < -0.39 is 0 Å². The first-order valence-electron chi connectivity index (χ1n) is 6.90. The van der Waals surface area contributed by atoms with Crippen LogP contribution in [0.5, 0.6) is 0 Å². The summed E-state index contributed by atoms with van der Waals surface area (Å²) in [5, 5.41) is 7.00. The lowest BCUT2D eigenvalue weighted by Crippen LogP contribution is -2.30. The second kappa shape index (κ2) is 7.46. The van der Waals surface area contributed by atoms with Crippen molar-refractivity contribution in [3.63, 3.8) is 0 Å². The molecule has 1 saturated heterocycles. The number of hydrogen-bond acceptors (Lipinski definition) is 2. The molecule has 1 fully saturated rings. The van der Waals surface area contributed by atoms with Crippen LogP contribution in [0, 0.1) is 5.92 Å². The first-order chi connectivity index (χ1) is 8.45. The third kappa shape index (κ3) is 4.88. The van der Waals surface area contributed by atoms with Crippen LogP contribution in [-0.2, 0) is 6.54 Å². The fraction of sp³-hybridized carbons (Fsp3) is 0.600. The number of benzene rings is 1. The van der Waals surface area contributed by atoms with Crippen molar-refractivity contribution in [2.45, 2.75) is 32.2 Å². The van der Waals surface area contributed by atoms with Crippen molar-refractivity contribution in [3.8, 4) is 0 Å². The molecule has 0 spiro atoms. The molecule has 1 unspecified atom stereocenters. The zero-order valence-corrected chi connectivity index (χ0v) is 10.6. The van der Waals surface area contributed by atoms with Gasteiger partial charge in [-0.25, -0.2) is 0 Å². The predicted octanol–water partition coefficient (Wildman–Crippen LogP) is 2.56. The summed E-state index contributed by atoms with van der Waals surface area (Å²) in [5.74, 6) is 0.919. The van der Waals surface area contributed by atoms with Crippen LogP contribution in [0.15, 0.2) is 30.3 Å². The molecule has 0 radical (unpaired) electrons. The normalized spacial score (nSPS) is 20.4. The van der Waals surface area contributed by atoms with E-state index in [4.69, 9.17) is 0 Å². The van der Waals surface area contributed by atoms with Gasteiger partial charge in [-0.2, -0.15) is 0 Å². The van der Waals surface area contributed by atoms with Gasteiger partial charge in [0.25, 0.3) is 0 Å². The minimum atomic E-state index is 0.919. The van der Waals surface area contributed by atoms with Crippen molar-refractivity contribution in [1.29, 1.82) is 0 Å². The van der Waals surface area contributed by atoms with Crippen molar-refractivity contribution >= 4 is 0 Å². The third-order valence-corrected chi connectivity index (χ3v) is 3.54. The molecular weight excluding hydrogens is 208 g/mol. The fourth-order valence-corrected chi connectivity index (χ4v) is 2.51. The molecule has 1 aromatic rings. The molecule has 0 aliphatic carbocycles. The van der Waals surface area contributed by atoms with Crippen LogP contribution in [0.1, 0.15) is 31.2 Å². The van der Waals surface area contributed by atoms with E-state index in [1.54, 1.807) is 0 Å². The number of nitrogens with one attached hydrogen (secondary N) is 2. The van der Waals surface area contributed by atoms with Crippen molar-refractivity contribution in [1.82, 2.24) is 10.6 Å². The highest BCUT2D eigenvalue weighted by Crippen LogP contribution is 2.15. The molecule has 2 rings (SSSR count). The van der Waals surface area contributed by atoms with Gasteiger partial charge in [0.05, 0.1) is 0 Å². The van der Waals surface area contributed by atoms with Gasteiger partial charge in [-0.05, 0) is 56.8 Å². The molecule has 94 valence electrons. The Kier molecular flexibility index (Phi) is 5.53. The quantitative estimate of drug-likeness (QED) is 0.737. The Bertz CT molecular complexity index is 291. The van der Waals surface area contributed by atoms with Gasteiger partial charge in [0.15, 0.2) is 0 Å². The highest BCUT2D eigenvalue weighted by Gasteiger charge is 2.11. The summed E-state index contributed by atoms with van der Waals surface area (Å²) in [4.78, 5) is 0. The summed E-state index contributed by atoms with van der Waals surface area (Å²) < 4.78 is 0. The van der Waals surface area contributed by atoms with Crippen LogP contribution in [0.3, 0.4) is 0 Å². The molecule has 17 heavy (non-hydrogen) atoms. The molecule has 0 aromatic heterocycles. The van der Waals surface area contributed by atoms with Gasteiger partial charge in [-0.3, -0.25) is 0 Å². The Balaban J connectivity index is 1.51. The Morgan fingerprint density at radius 3 is 2.88 bits per heavy atom. The minimum absolute atomic E-state index is 0.919.